The van der Waals surface area contributed by atoms with Gasteiger partial charge < -0.3 is 5.32 Å². The van der Waals surface area contributed by atoms with Crippen molar-refractivity contribution in [2.45, 2.75) is 52.0 Å². The molecule has 3 rings (SSSR count). The number of fused-ring (bicyclic) bond motifs is 1. The van der Waals surface area contributed by atoms with Gasteiger partial charge in [0.15, 0.2) is 5.82 Å². The van der Waals surface area contributed by atoms with Gasteiger partial charge in [0.2, 0.25) is 5.91 Å². The molecule has 0 fully saturated rings. The molecule has 0 saturated heterocycles. The molecule has 0 radical (unpaired) electrons. The first-order valence-electron chi connectivity index (χ1n) is 9.17. The number of benzene rings is 1. The Morgan fingerprint density at radius 2 is 2.04 bits per heavy atom. The highest BCUT2D eigenvalue weighted by Gasteiger charge is 2.13. The van der Waals surface area contributed by atoms with Crippen molar-refractivity contribution in [1.29, 1.82) is 0 Å². The fraction of sp³-hybridized carbons (Fsp3) is 0.474. The summed E-state index contributed by atoms with van der Waals surface area (Å²) in [5, 5.41) is 8.32. The number of thiazole rings is 1. The van der Waals surface area contributed by atoms with E-state index >= 15 is 0 Å². The number of amides is 1. The Kier molecular flexibility index (Phi) is 6.33. The van der Waals surface area contributed by atoms with Crippen molar-refractivity contribution in [3.05, 3.63) is 40.9 Å². The molecule has 1 amide bonds. The average Bonchev–Trinajstić information content (AvgIpc) is 3.23. The van der Waals surface area contributed by atoms with Crippen LogP contribution in [0.2, 0.25) is 0 Å². The summed E-state index contributed by atoms with van der Waals surface area (Å²) < 4.78 is 3.21. The fourth-order valence-corrected chi connectivity index (χ4v) is 3.84. The van der Waals surface area contributed by atoms with Gasteiger partial charge in [-0.15, -0.1) is 11.3 Å². The Morgan fingerprint density at radius 3 is 2.81 bits per heavy atom. The van der Waals surface area contributed by atoms with Crippen LogP contribution in [0.25, 0.3) is 10.2 Å². The minimum Gasteiger partial charge on any atom is -0.359 e. The van der Waals surface area contributed by atoms with Gasteiger partial charge in [0.25, 0.3) is 0 Å². The number of hydrogen-bond donors (Lipinski definition) is 1. The van der Waals surface area contributed by atoms with Gasteiger partial charge in [-0.1, -0.05) is 25.5 Å². The van der Waals surface area contributed by atoms with Gasteiger partial charge in [0.1, 0.15) is 5.82 Å². The van der Waals surface area contributed by atoms with E-state index in [2.05, 4.69) is 40.5 Å². The maximum absolute atomic E-state index is 11.6. The van der Waals surface area contributed by atoms with Crippen molar-refractivity contribution in [3.8, 4) is 0 Å². The van der Waals surface area contributed by atoms with Crippen molar-refractivity contribution in [2.24, 2.45) is 0 Å². The highest BCUT2D eigenvalue weighted by Crippen LogP contribution is 2.22. The lowest BCUT2D eigenvalue weighted by Gasteiger charge is -2.04. The van der Waals surface area contributed by atoms with Crippen molar-refractivity contribution in [3.63, 3.8) is 0 Å². The summed E-state index contributed by atoms with van der Waals surface area (Å²) in [4.78, 5) is 20.9. The second-order valence-electron chi connectivity index (χ2n) is 6.30. The number of carbonyl (C=O) groups excluding carboxylic acids is 1. The molecule has 0 bridgehead atoms. The Balaban J connectivity index is 1.64. The predicted octanol–water partition coefficient (Wildman–Crippen LogP) is 3.15. The molecule has 0 aliphatic rings. The predicted molar refractivity (Wildman–Crippen MR) is 104 cm³/mol. The fourth-order valence-electron chi connectivity index (χ4n) is 2.83. The lowest BCUT2D eigenvalue weighted by atomic mass is 10.2. The summed E-state index contributed by atoms with van der Waals surface area (Å²) in [7, 11) is 1.63. The second-order valence-corrected chi connectivity index (χ2v) is 7.41. The number of likely N-dealkylation sites (N-methyl/N-ethyl adjacent to an activating group) is 1. The van der Waals surface area contributed by atoms with Crippen LogP contribution >= 0.6 is 11.3 Å². The number of aryl methyl sites for hydroxylation is 3. The van der Waals surface area contributed by atoms with E-state index in [1.165, 1.54) is 4.70 Å². The molecule has 2 aromatic heterocycles. The van der Waals surface area contributed by atoms with E-state index in [0.717, 1.165) is 55.0 Å². The Labute approximate surface area is 157 Å². The van der Waals surface area contributed by atoms with Gasteiger partial charge in [-0.2, -0.15) is 5.10 Å². The minimum atomic E-state index is -0.0568. The molecule has 0 spiro atoms. The highest BCUT2D eigenvalue weighted by molar-refractivity contribution is 7.18. The maximum Gasteiger partial charge on any atom is 0.227 e. The van der Waals surface area contributed by atoms with Crippen LogP contribution in [0.1, 0.15) is 42.8 Å². The molecule has 0 atom stereocenters. The lowest BCUT2D eigenvalue weighted by Crippen LogP contribution is -2.20. The number of nitrogens with one attached hydrogen (secondary N) is 1. The Bertz CT molecular complexity index is 837. The third-order valence-corrected chi connectivity index (χ3v) is 5.34. The van der Waals surface area contributed by atoms with Crippen LogP contribution in [0.3, 0.4) is 0 Å². The molecule has 3 aromatic rings. The van der Waals surface area contributed by atoms with Crippen LogP contribution in [0.15, 0.2) is 24.3 Å². The molecule has 0 aliphatic carbocycles. The van der Waals surface area contributed by atoms with E-state index in [-0.39, 0.29) is 12.3 Å². The minimum absolute atomic E-state index is 0.0568. The topological polar surface area (TPSA) is 72.7 Å². The number of hydrogen-bond acceptors (Lipinski definition) is 5. The molecule has 1 N–H and O–H groups in total. The number of para-hydroxylation sites is 1. The molecule has 0 unspecified atom stereocenters. The third kappa shape index (κ3) is 4.66. The van der Waals surface area contributed by atoms with Gasteiger partial charge in [-0.25, -0.2) is 14.6 Å². The van der Waals surface area contributed by atoms with E-state index in [1.807, 2.05) is 10.7 Å². The van der Waals surface area contributed by atoms with Gasteiger partial charge in [-0.05, 0) is 31.4 Å². The molecule has 7 heteroatoms. The molecule has 0 saturated carbocycles. The summed E-state index contributed by atoms with van der Waals surface area (Å²) in [5.74, 6) is 1.52. The number of carbonyl (C=O) groups is 1. The van der Waals surface area contributed by atoms with Crippen LogP contribution in [0.5, 0.6) is 0 Å². The van der Waals surface area contributed by atoms with Gasteiger partial charge in [-0.3, -0.25) is 4.79 Å². The molecule has 6 nitrogen and oxygen atoms in total. The first-order chi connectivity index (χ1) is 12.7. The largest absolute Gasteiger partial charge is 0.359 e. The van der Waals surface area contributed by atoms with Crippen molar-refractivity contribution >= 4 is 27.5 Å². The second kappa shape index (κ2) is 8.89. The average molecular weight is 372 g/mol. The summed E-state index contributed by atoms with van der Waals surface area (Å²) >= 11 is 1.76. The molecule has 26 heavy (non-hydrogen) atoms. The highest BCUT2D eigenvalue weighted by atomic mass is 32.1. The van der Waals surface area contributed by atoms with Gasteiger partial charge in [0.05, 0.1) is 21.6 Å². The van der Waals surface area contributed by atoms with E-state index in [1.54, 1.807) is 18.4 Å². The normalized spacial score (nSPS) is 11.2. The van der Waals surface area contributed by atoms with Crippen molar-refractivity contribution in [1.82, 2.24) is 25.1 Å². The van der Waals surface area contributed by atoms with Crippen LogP contribution in [-0.2, 0) is 30.6 Å². The van der Waals surface area contributed by atoms with Gasteiger partial charge >= 0.3 is 0 Å². The standard InChI is InChI=1S/C19H25N5OS/c1-3-4-12-24-17(22-16(23-24)13-18(25)20-2)10-7-11-19-21-14-8-5-6-9-15(14)26-19/h5-6,8-9H,3-4,7,10-13H2,1-2H3,(H,20,25). The number of nitrogens with zero attached hydrogens (tertiary/aromatic N) is 4. The first-order valence-corrected chi connectivity index (χ1v) is 9.99. The van der Waals surface area contributed by atoms with Crippen LogP contribution in [0.4, 0.5) is 0 Å². The third-order valence-electron chi connectivity index (χ3n) is 4.24. The molecule has 1 aromatic carbocycles. The van der Waals surface area contributed by atoms with Crippen molar-refractivity contribution < 1.29 is 4.79 Å². The molecule has 138 valence electrons. The molecular weight excluding hydrogens is 346 g/mol. The van der Waals surface area contributed by atoms with E-state index in [4.69, 9.17) is 4.98 Å². The first kappa shape index (κ1) is 18.5. The number of unbranched alkanes of at least 4 members (excludes halogenated alkanes) is 1. The van der Waals surface area contributed by atoms with Gasteiger partial charge in [0, 0.05) is 20.0 Å². The molecule has 2 heterocycles. The van der Waals surface area contributed by atoms with Crippen molar-refractivity contribution in [2.75, 3.05) is 7.05 Å². The van der Waals surface area contributed by atoms with E-state index in [9.17, 15) is 4.79 Å². The smallest absolute Gasteiger partial charge is 0.227 e. The summed E-state index contributed by atoms with van der Waals surface area (Å²) in [6.45, 7) is 3.02. The van der Waals surface area contributed by atoms with E-state index < -0.39 is 0 Å². The number of rotatable bonds is 9. The Hall–Kier alpha value is -2.28. The zero-order chi connectivity index (χ0) is 18.4. The number of aromatic nitrogens is 4. The van der Waals surface area contributed by atoms with Crippen LogP contribution < -0.4 is 5.32 Å². The SMILES string of the molecule is CCCCn1nc(CC(=O)NC)nc1CCCc1nc2ccccc2s1. The summed E-state index contributed by atoms with van der Waals surface area (Å²) in [6.07, 6.45) is 5.17. The Morgan fingerprint density at radius 1 is 1.19 bits per heavy atom. The summed E-state index contributed by atoms with van der Waals surface area (Å²) in [5.41, 5.74) is 1.08. The lowest BCUT2D eigenvalue weighted by molar-refractivity contribution is -0.120. The van der Waals surface area contributed by atoms with E-state index in [0.29, 0.717) is 5.82 Å². The summed E-state index contributed by atoms with van der Waals surface area (Å²) in [6, 6.07) is 8.25. The van der Waals surface area contributed by atoms with Crippen LogP contribution in [-0.4, -0.2) is 32.7 Å². The maximum atomic E-state index is 11.6. The van der Waals surface area contributed by atoms with Crippen LogP contribution in [0, 0.1) is 0 Å². The zero-order valence-corrected chi connectivity index (χ0v) is 16.2. The molecule has 0 aliphatic heterocycles. The zero-order valence-electron chi connectivity index (χ0n) is 15.4. The quantitative estimate of drug-likeness (QED) is 0.627. The molecular formula is C19H25N5OS. The monoisotopic (exact) mass is 371 g/mol.